The van der Waals surface area contributed by atoms with Gasteiger partial charge in [0.15, 0.2) is 0 Å². The summed E-state index contributed by atoms with van der Waals surface area (Å²) in [5.74, 6) is 1.50. The summed E-state index contributed by atoms with van der Waals surface area (Å²) < 4.78 is 0. The summed E-state index contributed by atoms with van der Waals surface area (Å²) in [6.07, 6.45) is 7.54. The number of rotatable bonds is 6. The highest BCUT2D eigenvalue weighted by atomic mass is 16.1. The van der Waals surface area contributed by atoms with Crippen LogP contribution in [0.5, 0.6) is 0 Å². The number of nitrogens with zero attached hydrogens (tertiary/aromatic N) is 3. The van der Waals surface area contributed by atoms with Crippen molar-refractivity contribution in [2.24, 2.45) is 5.92 Å². The van der Waals surface area contributed by atoms with Crippen LogP contribution in [-0.4, -0.2) is 35.5 Å². The summed E-state index contributed by atoms with van der Waals surface area (Å²) >= 11 is 0. The largest absolute Gasteiger partial charge is 0.355 e. The molecule has 1 aliphatic rings. The molecule has 0 radical (unpaired) electrons. The van der Waals surface area contributed by atoms with Crippen LogP contribution in [0.25, 0.3) is 0 Å². The summed E-state index contributed by atoms with van der Waals surface area (Å²) in [5, 5.41) is 2.92. The molecule has 5 nitrogen and oxygen atoms in total. The molecule has 1 aromatic heterocycles. The van der Waals surface area contributed by atoms with Crippen molar-refractivity contribution in [2.75, 3.05) is 24.5 Å². The summed E-state index contributed by atoms with van der Waals surface area (Å²) in [6.45, 7) is 4.96. The summed E-state index contributed by atoms with van der Waals surface area (Å²) in [4.78, 5) is 23.1. The van der Waals surface area contributed by atoms with E-state index in [-0.39, 0.29) is 5.91 Å². The van der Waals surface area contributed by atoms with Crippen molar-refractivity contribution in [3.8, 4) is 0 Å². The average Bonchev–Trinajstić information content (AvgIpc) is 2.67. The Morgan fingerprint density at radius 3 is 2.60 bits per heavy atom. The Kier molecular flexibility index (Phi) is 5.99. The number of piperidine rings is 1. The second-order valence-electron chi connectivity index (χ2n) is 6.77. The summed E-state index contributed by atoms with van der Waals surface area (Å²) in [7, 11) is 0. The van der Waals surface area contributed by atoms with Crippen molar-refractivity contribution in [2.45, 2.75) is 32.6 Å². The Balaban J connectivity index is 1.44. The highest BCUT2D eigenvalue weighted by Gasteiger charge is 2.17. The van der Waals surface area contributed by atoms with Gasteiger partial charge in [-0.25, -0.2) is 9.97 Å². The third-order valence-corrected chi connectivity index (χ3v) is 4.75. The van der Waals surface area contributed by atoms with Crippen LogP contribution in [0.2, 0.25) is 0 Å². The molecule has 2 aromatic rings. The lowest BCUT2D eigenvalue weighted by molar-refractivity contribution is 0.0948. The van der Waals surface area contributed by atoms with Gasteiger partial charge in [0.2, 0.25) is 0 Å². The second kappa shape index (κ2) is 8.60. The maximum absolute atomic E-state index is 12.2. The molecule has 3 rings (SSSR count). The molecule has 0 aliphatic carbocycles. The zero-order valence-electron chi connectivity index (χ0n) is 14.8. The van der Waals surface area contributed by atoms with Gasteiger partial charge in [0.05, 0.1) is 12.4 Å². The van der Waals surface area contributed by atoms with E-state index in [4.69, 9.17) is 0 Å². The Hall–Kier alpha value is -2.43. The van der Waals surface area contributed by atoms with Gasteiger partial charge < -0.3 is 10.2 Å². The summed E-state index contributed by atoms with van der Waals surface area (Å²) in [6, 6.07) is 10.3. The lowest BCUT2D eigenvalue weighted by atomic mass is 9.99. The number of carbonyl (C=O) groups is 1. The van der Waals surface area contributed by atoms with Crippen molar-refractivity contribution in [3.63, 3.8) is 0 Å². The lowest BCUT2D eigenvalue weighted by Gasteiger charge is -2.30. The first-order valence-corrected chi connectivity index (χ1v) is 9.11. The highest BCUT2D eigenvalue weighted by Crippen LogP contribution is 2.20. The molecule has 132 valence electrons. The lowest BCUT2D eigenvalue weighted by Crippen LogP contribution is -2.33. The van der Waals surface area contributed by atoms with E-state index < -0.39 is 0 Å². The highest BCUT2D eigenvalue weighted by molar-refractivity contribution is 5.91. The smallest absolute Gasteiger partial charge is 0.271 e. The summed E-state index contributed by atoms with van der Waals surface area (Å²) in [5.41, 5.74) is 1.67. The van der Waals surface area contributed by atoms with Gasteiger partial charge >= 0.3 is 0 Å². The minimum absolute atomic E-state index is 0.153. The second-order valence-corrected chi connectivity index (χ2v) is 6.77. The number of aryl methyl sites for hydroxylation is 1. The Morgan fingerprint density at radius 2 is 1.92 bits per heavy atom. The molecule has 1 N–H and O–H groups in total. The minimum Gasteiger partial charge on any atom is -0.355 e. The molecule has 0 atom stereocenters. The van der Waals surface area contributed by atoms with Gasteiger partial charge in [0.1, 0.15) is 11.5 Å². The average molecular weight is 338 g/mol. The molecule has 1 saturated heterocycles. The first kappa shape index (κ1) is 17.4. The van der Waals surface area contributed by atoms with Gasteiger partial charge in [-0.05, 0) is 37.2 Å². The fourth-order valence-electron chi connectivity index (χ4n) is 3.07. The normalized spacial score (nSPS) is 15.2. The third-order valence-electron chi connectivity index (χ3n) is 4.75. The number of benzene rings is 1. The number of nitrogens with one attached hydrogen (secondary N) is 1. The maximum atomic E-state index is 12.2. The molecule has 25 heavy (non-hydrogen) atoms. The van der Waals surface area contributed by atoms with E-state index >= 15 is 0 Å². The fraction of sp³-hybridized carbons (Fsp3) is 0.450. The van der Waals surface area contributed by atoms with Crippen LogP contribution in [0.15, 0.2) is 42.7 Å². The van der Waals surface area contributed by atoms with E-state index in [1.165, 1.54) is 18.4 Å². The van der Waals surface area contributed by atoms with Crippen molar-refractivity contribution < 1.29 is 4.79 Å². The number of amides is 1. The van der Waals surface area contributed by atoms with Gasteiger partial charge in [-0.15, -0.1) is 0 Å². The molecule has 0 bridgehead atoms. The van der Waals surface area contributed by atoms with E-state index in [1.54, 1.807) is 12.4 Å². The molecule has 5 heteroatoms. The number of hydrogen-bond donors (Lipinski definition) is 1. The van der Waals surface area contributed by atoms with E-state index in [0.717, 1.165) is 37.7 Å². The van der Waals surface area contributed by atoms with E-state index in [0.29, 0.717) is 12.2 Å². The van der Waals surface area contributed by atoms with Crippen LogP contribution in [0, 0.1) is 5.92 Å². The van der Waals surface area contributed by atoms with Gasteiger partial charge in [0.25, 0.3) is 5.91 Å². The van der Waals surface area contributed by atoms with Crippen molar-refractivity contribution in [1.82, 2.24) is 15.3 Å². The predicted octanol–water partition coefficient (Wildman–Crippen LogP) is 3.08. The fourth-order valence-corrected chi connectivity index (χ4v) is 3.07. The monoisotopic (exact) mass is 338 g/mol. The van der Waals surface area contributed by atoms with Crippen LogP contribution in [0.4, 0.5) is 5.82 Å². The Bertz CT molecular complexity index is 664. The van der Waals surface area contributed by atoms with Crippen molar-refractivity contribution >= 4 is 11.7 Å². The molecule has 1 aromatic carbocycles. The van der Waals surface area contributed by atoms with Crippen LogP contribution >= 0.6 is 0 Å². The third kappa shape index (κ3) is 5.02. The predicted molar refractivity (Wildman–Crippen MR) is 99.7 cm³/mol. The molecule has 0 unspecified atom stereocenters. The van der Waals surface area contributed by atoms with Crippen LogP contribution < -0.4 is 10.2 Å². The number of anilines is 1. The number of hydrogen-bond acceptors (Lipinski definition) is 4. The van der Waals surface area contributed by atoms with E-state index in [9.17, 15) is 4.79 Å². The topological polar surface area (TPSA) is 58.1 Å². The van der Waals surface area contributed by atoms with Gasteiger partial charge in [-0.1, -0.05) is 37.3 Å². The molecule has 1 fully saturated rings. The zero-order valence-corrected chi connectivity index (χ0v) is 14.8. The maximum Gasteiger partial charge on any atom is 0.271 e. The van der Waals surface area contributed by atoms with Gasteiger partial charge in [0, 0.05) is 19.6 Å². The Labute approximate surface area is 149 Å². The molecule has 2 heterocycles. The first-order valence-electron chi connectivity index (χ1n) is 9.11. The quantitative estimate of drug-likeness (QED) is 0.823. The van der Waals surface area contributed by atoms with E-state index in [2.05, 4.69) is 39.2 Å². The van der Waals surface area contributed by atoms with Gasteiger partial charge in [-0.3, -0.25) is 4.79 Å². The molecular weight excluding hydrogens is 312 g/mol. The van der Waals surface area contributed by atoms with Crippen LogP contribution in [0.3, 0.4) is 0 Å². The number of carbonyl (C=O) groups excluding carboxylic acids is 1. The van der Waals surface area contributed by atoms with Gasteiger partial charge in [-0.2, -0.15) is 0 Å². The Morgan fingerprint density at radius 1 is 1.16 bits per heavy atom. The standard InChI is InChI=1S/C20H26N4O/c1-16-9-12-24(13-10-16)19-15-22-18(14-23-19)20(25)21-11-5-8-17-6-3-2-4-7-17/h2-4,6-7,14-16H,5,8-13H2,1H3,(H,21,25). The van der Waals surface area contributed by atoms with Crippen molar-refractivity contribution in [3.05, 3.63) is 54.0 Å². The van der Waals surface area contributed by atoms with Crippen LogP contribution in [-0.2, 0) is 6.42 Å². The molecule has 1 amide bonds. The van der Waals surface area contributed by atoms with Crippen molar-refractivity contribution in [1.29, 1.82) is 0 Å². The van der Waals surface area contributed by atoms with Crippen LogP contribution in [0.1, 0.15) is 42.2 Å². The zero-order chi connectivity index (χ0) is 17.5. The number of aromatic nitrogens is 2. The van der Waals surface area contributed by atoms with E-state index in [1.807, 2.05) is 18.2 Å². The minimum atomic E-state index is -0.153. The molecule has 0 spiro atoms. The SMILES string of the molecule is CC1CCN(c2cnc(C(=O)NCCCc3ccccc3)cn2)CC1. The first-order chi connectivity index (χ1) is 12.2. The molecule has 1 aliphatic heterocycles. The molecule has 0 saturated carbocycles. The molecular formula is C20H26N4O.